The summed E-state index contributed by atoms with van der Waals surface area (Å²) in [7, 11) is 1.26. The van der Waals surface area contributed by atoms with Gasteiger partial charge >= 0.3 is 5.97 Å². The van der Waals surface area contributed by atoms with E-state index in [1.807, 2.05) is 30.3 Å². The molecule has 1 aromatic carbocycles. The summed E-state index contributed by atoms with van der Waals surface area (Å²) in [6.07, 6.45) is 2.95. The Morgan fingerprint density at radius 1 is 1.21 bits per heavy atom. The second-order valence-electron chi connectivity index (χ2n) is 4.16. The third-order valence-corrected chi connectivity index (χ3v) is 2.73. The van der Waals surface area contributed by atoms with Crippen LogP contribution in [0.25, 0.3) is 0 Å². The minimum absolute atomic E-state index is 0.432. The van der Waals surface area contributed by atoms with E-state index in [-0.39, 0.29) is 0 Å². The molecule has 0 saturated carbocycles. The molecule has 19 heavy (non-hydrogen) atoms. The van der Waals surface area contributed by atoms with Crippen molar-refractivity contribution in [2.24, 2.45) is 5.18 Å². The van der Waals surface area contributed by atoms with Crippen LogP contribution >= 0.6 is 0 Å². The molecule has 1 unspecified atom stereocenters. The lowest BCUT2D eigenvalue weighted by Gasteiger charge is -2.07. The topological polar surface area (TPSA) is 65.0 Å². The molecule has 0 amide bonds. The van der Waals surface area contributed by atoms with Crippen LogP contribution < -0.4 is 4.74 Å². The number of benzene rings is 1. The zero-order valence-corrected chi connectivity index (χ0v) is 11.1. The predicted molar refractivity (Wildman–Crippen MR) is 72.0 cm³/mol. The molecule has 0 saturated heterocycles. The maximum absolute atomic E-state index is 11.1. The fraction of sp³-hybridized carbons (Fsp3) is 0.500. The average molecular weight is 265 g/mol. The molecule has 0 bridgehead atoms. The molecule has 5 nitrogen and oxygen atoms in total. The number of ether oxygens (including phenoxy) is 2. The Morgan fingerprint density at radius 2 is 1.95 bits per heavy atom. The first-order chi connectivity index (χ1) is 9.27. The molecule has 0 fully saturated rings. The Balaban J connectivity index is 2.08. The number of carbonyl (C=O) groups is 1. The van der Waals surface area contributed by atoms with Crippen LogP contribution in [0.4, 0.5) is 0 Å². The smallest absolute Gasteiger partial charge is 0.334 e. The van der Waals surface area contributed by atoms with Crippen LogP contribution in [0.15, 0.2) is 35.5 Å². The van der Waals surface area contributed by atoms with Crippen molar-refractivity contribution < 1.29 is 14.3 Å². The maximum Gasteiger partial charge on any atom is 0.334 e. The molecule has 0 radical (unpaired) electrons. The molecule has 0 aliphatic rings. The van der Waals surface area contributed by atoms with E-state index in [9.17, 15) is 9.70 Å². The summed E-state index contributed by atoms with van der Waals surface area (Å²) >= 11 is 0. The monoisotopic (exact) mass is 265 g/mol. The Hall–Kier alpha value is -1.91. The Morgan fingerprint density at radius 3 is 2.58 bits per heavy atom. The minimum Gasteiger partial charge on any atom is -0.494 e. The van der Waals surface area contributed by atoms with Crippen LogP contribution in [0.1, 0.15) is 25.7 Å². The largest absolute Gasteiger partial charge is 0.494 e. The van der Waals surface area contributed by atoms with Crippen molar-refractivity contribution in [1.29, 1.82) is 0 Å². The molecular formula is C14H19NO4. The first-order valence-electron chi connectivity index (χ1n) is 6.36. The van der Waals surface area contributed by atoms with Crippen molar-refractivity contribution in [3.8, 4) is 5.75 Å². The lowest BCUT2D eigenvalue weighted by atomic mass is 10.1. The molecule has 1 rings (SSSR count). The van der Waals surface area contributed by atoms with E-state index in [2.05, 4.69) is 9.91 Å². The van der Waals surface area contributed by atoms with Gasteiger partial charge in [-0.1, -0.05) is 29.8 Å². The van der Waals surface area contributed by atoms with Crippen molar-refractivity contribution in [3.05, 3.63) is 35.2 Å². The fourth-order valence-electron chi connectivity index (χ4n) is 1.67. The van der Waals surface area contributed by atoms with E-state index >= 15 is 0 Å². The van der Waals surface area contributed by atoms with Crippen molar-refractivity contribution in [2.45, 2.75) is 31.7 Å². The number of hydrogen-bond donors (Lipinski definition) is 0. The van der Waals surface area contributed by atoms with E-state index in [4.69, 9.17) is 4.74 Å². The van der Waals surface area contributed by atoms with E-state index in [0.717, 1.165) is 25.0 Å². The summed E-state index contributed by atoms with van der Waals surface area (Å²) in [5.41, 5.74) is 0. The summed E-state index contributed by atoms with van der Waals surface area (Å²) < 4.78 is 10.0. The van der Waals surface area contributed by atoms with Crippen LogP contribution in [0.5, 0.6) is 5.75 Å². The maximum atomic E-state index is 11.1. The Bertz CT molecular complexity index is 380. The van der Waals surface area contributed by atoms with Gasteiger partial charge in [0.2, 0.25) is 0 Å². The van der Waals surface area contributed by atoms with Gasteiger partial charge in [0, 0.05) is 0 Å². The van der Waals surface area contributed by atoms with Crippen LogP contribution in [-0.2, 0) is 9.53 Å². The van der Waals surface area contributed by atoms with E-state index in [1.165, 1.54) is 7.11 Å². The highest BCUT2D eigenvalue weighted by atomic mass is 16.5. The van der Waals surface area contributed by atoms with E-state index in [0.29, 0.717) is 13.0 Å². The summed E-state index contributed by atoms with van der Waals surface area (Å²) in [5, 5.41) is 2.77. The number of hydrogen-bond acceptors (Lipinski definition) is 5. The Kier molecular flexibility index (Phi) is 7.24. The van der Waals surface area contributed by atoms with Gasteiger partial charge in [0.05, 0.1) is 13.7 Å². The first-order valence-corrected chi connectivity index (χ1v) is 6.36. The lowest BCUT2D eigenvalue weighted by molar-refractivity contribution is -0.142. The average Bonchev–Trinajstić information content (AvgIpc) is 2.47. The summed E-state index contributed by atoms with van der Waals surface area (Å²) in [6, 6.07) is 8.72. The van der Waals surface area contributed by atoms with E-state index < -0.39 is 12.0 Å². The number of para-hydroxylation sites is 1. The van der Waals surface area contributed by atoms with Gasteiger partial charge in [0.1, 0.15) is 5.75 Å². The van der Waals surface area contributed by atoms with Crippen molar-refractivity contribution in [2.75, 3.05) is 13.7 Å². The van der Waals surface area contributed by atoms with Gasteiger partial charge < -0.3 is 9.47 Å². The quantitative estimate of drug-likeness (QED) is 0.391. The predicted octanol–water partition coefficient (Wildman–Crippen LogP) is 2.93. The number of unbranched alkanes of at least 4 members (excludes halogenated alkanes) is 2. The van der Waals surface area contributed by atoms with Crippen molar-refractivity contribution in [3.63, 3.8) is 0 Å². The normalized spacial score (nSPS) is 11.6. The molecule has 5 heteroatoms. The van der Waals surface area contributed by atoms with Crippen LogP contribution in [0.2, 0.25) is 0 Å². The van der Waals surface area contributed by atoms with Crippen molar-refractivity contribution in [1.82, 2.24) is 0 Å². The molecule has 0 N–H and O–H groups in total. The third kappa shape index (κ3) is 5.99. The summed E-state index contributed by atoms with van der Waals surface area (Å²) in [4.78, 5) is 21.5. The van der Waals surface area contributed by atoms with Gasteiger partial charge in [-0.3, -0.25) is 0 Å². The number of methoxy groups -OCH3 is 1. The van der Waals surface area contributed by atoms with Gasteiger partial charge in [-0.05, 0) is 31.4 Å². The Labute approximate surface area is 112 Å². The molecule has 0 aliphatic heterocycles. The standard InChI is InChI=1S/C14H19NO4/c1-18-14(16)13(15-17)10-6-3-7-11-19-12-8-4-2-5-9-12/h2,4-5,8-9,13H,3,6-7,10-11H2,1H3. The van der Waals surface area contributed by atoms with Crippen LogP contribution in [0.3, 0.4) is 0 Å². The van der Waals surface area contributed by atoms with Crippen molar-refractivity contribution >= 4 is 5.97 Å². The molecule has 104 valence electrons. The van der Waals surface area contributed by atoms with Crippen LogP contribution in [-0.4, -0.2) is 25.7 Å². The van der Waals surface area contributed by atoms with Gasteiger partial charge in [0.25, 0.3) is 0 Å². The zero-order valence-electron chi connectivity index (χ0n) is 11.1. The molecule has 0 aromatic heterocycles. The fourth-order valence-corrected chi connectivity index (χ4v) is 1.67. The molecule has 1 aromatic rings. The minimum atomic E-state index is -0.875. The molecular weight excluding hydrogens is 246 g/mol. The lowest BCUT2D eigenvalue weighted by Crippen LogP contribution is -2.19. The molecule has 0 aliphatic carbocycles. The third-order valence-electron chi connectivity index (χ3n) is 2.73. The van der Waals surface area contributed by atoms with Gasteiger partial charge in [-0.25, -0.2) is 4.79 Å². The number of carbonyl (C=O) groups excluding carboxylic acids is 1. The second kappa shape index (κ2) is 9.08. The molecule has 1 atom stereocenters. The van der Waals surface area contributed by atoms with E-state index in [1.54, 1.807) is 0 Å². The SMILES string of the molecule is COC(=O)C(CCCCCOc1ccccc1)N=O. The second-order valence-corrected chi connectivity index (χ2v) is 4.16. The summed E-state index contributed by atoms with van der Waals surface area (Å²) in [6.45, 7) is 0.626. The molecule has 0 heterocycles. The number of nitrogens with zero attached hydrogens (tertiary/aromatic N) is 1. The van der Waals surface area contributed by atoms with Gasteiger partial charge in [-0.2, -0.15) is 0 Å². The number of rotatable bonds is 9. The van der Waals surface area contributed by atoms with Gasteiger partial charge in [0.15, 0.2) is 6.04 Å². The highest BCUT2D eigenvalue weighted by molar-refractivity contribution is 5.75. The number of esters is 1. The number of nitroso groups, excluding NO2 is 1. The highest BCUT2D eigenvalue weighted by Crippen LogP contribution is 2.11. The summed E-state index contributed by atoms with van der Waals surface area (Å²) in [5.74, 6) is 0.292. The van der Waals surface area contributed by atoms with Gasteiger partial charge in [-0.15, -0.1) is 4.91 Å². The highest BCUT2D eigenvalue weighted by Gasteiger charge is 2.18. The molecule has 0 spiro atoms. The zero-order chi connectivity index (χ0) is 13.9. The van der Waals surface area contributed by atoms with Crippen LogP contribution in [0, 0.1) is 4.91 Å². The first kappa shape index (κ1) is 15.1.